The first-order valence-corrected chi connectivity index (χ1v) is 12.0. The number of aliphatic hydroxyl groups is 2. The van der Waals surface area contributed by atoms with Gasteiger partial charge in [-0.3, -0.25) is 14.6 Å². The number of allylic oxidation sites excluding steroid dienone is 1. The van der Waals surface area contributed by atoms with Crippen LogP contribution in [0.25, 0.3) is 0 Å². The number of para-hydroxylation sites is 2. The van der Waals surface area contributed by atoms with Crippen molar-refractivity contribution in [3.63, 3.8) is 0 Å². The summed E-state index contributed by atoms with van der Waals surface area (Å²) in [4.78, 5) is 32.6. The molecule has 4 N–H and O–H groups in total. The van der Waals surface area contributed by atoms with Crippen molar-refractivity contribution < 1.29 is 29.3 Å². The number of carbonyl (C=O) groups is 2. The van der Waals surface area contributed by atoms with Crippen LogP contribution in [0.1, 0.15) is 6.92 Å². The maximum Gasteiger partial charge on any atom is 0.329 e. The number of anilines is 3. The Bertz CT molecular complexity index is 1280. The third-order valence-corrected chi connectivity index (χ3v) is 5.94. The summed E-state index contributed by atoms with van der Waals surface area (Å²) < 4.78 is 10.7. The van der Waals surface area contributed by atoms with Crippen molar-refractivity contribution in [3.8, 4) is 11.5 Å². The Labute approximate surface area is 227 Å². The number of aliphatic hydroxyl groups excluding tert-OH is 2. The van der Waals surface area contributed by atoms with E-state index < -0.39 is 18.7 Å². The summed E-state index contributed by atoms with van der Waals surface area (Å²) in [6.45, 7) is 8.69. The van der Waals surface area contributed by atoms with Crippen molar-refractivity contribution in [2.75, 3.05) is 49.4 Å². The highest BCUT2D eigenvalue weighted by atomic mass is 16.5. The first kappa shape index (κ1) is 29.0. The van der Waals surface area contributed by atoms with E-state index in [1.165, 1.54) is 30.1 Å². The minimum absolute atomic E-state index is 0.119. The van der Waals surface area contributed by atoms with Crippen LogP contribution in [-0.2, 0) is 4.79 Å². The Hall–Kier alpha value is -4.61. The molecule has 0 aliphatic carbocycles. The van der Waals surface area contributed by atoms with E-state index in [-0.39, 0.29) is 24.8 Å². The summed E-state index contributed by atoms with van der Waals surface area (Å²) in [5.41, 5.74) is 2.85. The van der Waals surface area contributed by atoms with Crippen LogP contribution in [0.3, 0.4) is 0 Å². The smallest absolute Gasteiger partial charge is 0.329 e. The second-order valence-corrected chi connectivity index (χ2v) is 8.57. The Morgan fingerprint density at radius 1 is 1.15 bits per heavy atom. The summed E-state index contributed by atoms with van der Waals surface area (Å²) in [6, 6.07) is 11.8. The van der Waals surface area contributed by atoms with E-state index in [1.807, 2.05) is 0 Å². The molecule has 11 nitrogen and oxygen atoms in total. The largest absolute Gasteiger partial charge is 0.497 e. The monoisotopic (exact) mass is 535 g/mol. The number of rotatable bonds is 12. The van der Waals surface area contributed by atoms with Gasteiger partial charge in [0.15, 0.2) is 0 Å². The Morgan fingerprint density at radius 2 is 1.77 bits per heavy atom. The van der Waals surface area contributed by atoms with E-state index in [1.54, 1.807) is 55.6 Å². The van der Waals surface area contributed by atoms with E-state index in [0.717, 1.165) is 0 Å². The maximum atomic E-state index is 13.5. The summed E-state index contributed by atoms with van der Waals surface area (Å²) in [7, 11) is 3.03. The van der Waals surface area contributed by atoms with Gasteiger partial charge in [0, 0.05) is 35.7 Å². The van der Waals surface area contributed by atoms with E-state index in [0.29, 0.717) is 39.8 Å². The Kier molecular flexibility index (Phi) is 9.85. The first-order valence-electron chi connectivity index (χ1n) is 12.0. The molecule has 0 fully saturated rings. The van der Waals surface area contributed by atoms with Crippen molar-refractivity contribution in [1.29, 1.82) is 0 Å². The molecule has 206 valence electrons. The first-order chi connectivity index (χ1) is 18.7. The van der Waals surface area contributed by atoms with E-state index >= 15 is 0 Å². The number of benzene rings is 2. The minimum atomic E-state index is -1.14. The molecular weight excluding hydrogens is 502 g/mol. The molecule has 2 aromatic rings. The van der Waals surface area contributed by atoms with Gasteiger partial charge in [0.2, 0.25) is 5.91 Å². The lowest BCUT2D eigenvalue weighted by Gasteiger charge is -2.38. The molecule has 0 saturated carbocycles. The van der Waals surface area contributed by atoms with Gasteiger partial charge in [-0.15, -0.1) is 0 Å². The zero-order valence-electron chi connectivity index (χ0n) is 22.2. The van der Waals surface area contributed by atoms with Crippen molar-refractivity contribution in [2.45, 2.75) is 13.0 Å². The molecule has 0 saturated heterocycles. The Morgan fingerprint density at radius 3 is 2.33 bits per heavy atom. The van der Waals surface area contributed by atoms with Crippen LogP contribution < -0.4 is 25.0 Å². The number of nitrogens with one attached hydrogen (secondary N) is 2. The molecule has 11 heteroatoms. The Balaban J connectivity index is 1.92. The fraction of sp³-hybridized carbons (Fsp3) is 0.250. The fourth-order valence-electron chi connectivity index (χ4n) is 3.81. The van der Waals surface area contributed by atoms with Gasteiger partial charge >= 0.3 is 6.03 Å². The SMILES string of the molecule is C=CC(=O)Nc1ccccc1NC(=C)/N=C\C1=C(C)N(CC(O)CO)C(=O)N(c2cc(OC)cc(OC)c2)C1. The molecule has 0 spiro atoms. The van der Waals surface area contributed by atoms with Crippen LogP contribution in [-0.4, -0.2) is 73.3 Å². The van der Waals surface area contributed by atoms with Gasteiger partial charge in [0.25, 0.3) is 0 Å². The molecule has 0 aromatic heterocycles. The molecule has 1 aliphatic heterocycles. The fourth-order valence-corrected chi connectivity index (χ4v) is 3.81. The van der Waals surface area contributed by atoms with Crippen molar-refractivity contribution >= 4 is 35.2 Å². The number of amides is 3. The predicted octanol–water partition coefficient (Wildman–Crippen LogP) is 3.35. The van der Waals surface area contributed by atoms with Crippen LogP contribution in [0.2, 0.25) is 0 Å². The van der Waals surface area contributed by atoms with Crippen molar-refractivity contribution in [3.05, 3.63) is 78.8 Å². The lowest BCUT2D eigenvalue weighted by atomic mass is 10.1. The molecule has 3 rings (SSSR count). The number of ether oxygens (including phenoxy) is 2. The normalized spacial score (nSPS) is 14.3. The van der Waals surface area contributed by atoms with Crippen LogP contribution in [0.4, 0.5) is 21.9 Å². The van der Waals surface area contributed by atoms with Gasteiger partial charge < -0.3 is 30.3 Å². The predicted molar refractivity (Wildman–Crippen MR) is 151 cm³/mol. The number of carbonyl (C=O) groups excluding carboxylic acids is 2. The van der Waals surface area contributed by atoms with Crippen molar-refractivity contribution in [1.82, 2.24) is 4.90 Å². The number of aliphatic imine (C=N–C) groups is 1. The maximum absolute atomic E-state index is 13.5. The van der Waals surface area contributed by atoms with Crippen LogP contribution in [0.15, 0.2) is 83.8 Å². The highest BCUT2D eigenvalue weighted by Crippen LogP contribution is 2.32. The highest BCUT2D eigenvalue weighted by molar-refractivity contribution is 6.01. The molecule has 3 amide bonds. The summed E-state index contributed by atoms with van der Waals surface area (Å²) in [5, 5.41) is 25.3. The molecule has 1 heterocycles. The van der Waals surface area contributed by atoms with Gasteiger partial charge in [-0.05, 0) is 25.1 Å². The molecule has 1 aliphatic rings. The average Bonchev–Trinajstić information content (AvgIpc) is 2.95. The van der Waals surface area contributed by atoms with Gasteiger partial charge in [-0.25, -0.2) is 9.79 Å². The van der Waals surface area contributed by atoms with Gasteiger partial charge in [-0.1, -0.05) is 25.3 Å². The quantitative estimate of drug-likeness (QED) is 0.242. The number of methoxy groups -OCH3 is 2. The van der Waals surface area contributed by atoms with E-state index in [2.05, 4.69) is 28.8 Å². The van der Waals surface area contributed by atoms with Crippen molar-refractivity contribution in [2.24, 2.45) is 4.99 Å². The van der Waals surface area contributed by atoms with E-state index in [4.69, 9.17) is 9.47 Å². The van der Waals surface area contributed by atoms with Crippen LogP contribution >= 0.6 is 0 Å². The topological polar surface area (TPSA) is 136 Å². The number of β-amino-alcohol motifs (C(OH)–C–C–N with tert-alkyl or cyclic N) is 1. The number of urea groups is 1. The third-order valence-electron chi connectivity index (χ3n) is 5.94. The number of nitrogens with zero attached hydrogens (tertiary/aromatic N) is 3. The second kappa shape index (κ2) is 13.3. The average molecular weight is 536 g/mol. The molecule has 0 bridgehead atoms. The lowest BCUT2D eigenvalue weighted by molar-refractivity contribution is -0.111. The molecule has 0 radical (unpaired) electrons. The molecular formula is C28H33N5O6. The van der Waals surface area contributed by atoms with Gasteiger partial charge in [0.1, 0.15) is 17.3 Å². The minimum Gasteiger partial charge on any atom is -0.497 e. The number of hydrogen-bond acceptors (Lipinski definition) is 8. The summed E-state index contributed by atoms with van der Waals surface area (Å²) in [5.74, 6) is 0.926. The highest BCUT2D eigenvalue weighted by Gasteiger charge is 2.32. The number of hydrogen-bond donors (Lipinski definition) is 4. The van der Waals surface area contributed by atoms with Crippen LogP contribution in [0.5, 0.6) is 11.5 Å². The van der Waals surface area contributed by atoms with E-state index in [9.17, 15) is 19.8 Å². The molecule has 1 atom stereocenters. The standard InChI is InChI=1S/C28H33N5O6/c1-6-27(36)31-26-10-8-7-9-25(26)30-19(3)29-14-20-15-33(21-11-23(38-4)13-24(12-21)39-5)28(37)32(18(20)2)16-22(35)17-34/h6-14,22,30,34-35H,1,3,15-17H2,2,4-5H3,(H,31,36)/b29-14-. The van der Waals surface area contributed by atoms with Gasteiger partial charge in [-0.2, -0.15) is 0 Å². The molecule has 39 heavy (non-hydrogen) atoms. The second-order valence-electron chi connectivity index (χ2n) is 8.57. The lowest BCUT2D eigenvalue weighted by Crippen LogP contribution is -2.51. The molecule has 1 unspecified atom stereocenters. The van der Waals surface area contributed by atoms with Crippen LogP contribution in [0, 0.1) is 0 Å². The summed E-state index contributed by atoms with van der Waals surface area (Å²) in [6.07, 6.45) is 1.61. The third kappa shape index (κ3) is 7.24. The van der Waals surface area contributed by atoms with Gasteiger partial charge in [0.05, 0.1) is 57.1 Å². The molecule has 2 aromatic carbocycles. The zero-order valence-corrected chi connectivity index (χ0v) is 22.2. The zero-order chi connectivity index (χ0) is 28.5. The summed E-state index contributed by atoms with van der Waals surface area (Å²) >= 11 is 0.